The maximum atomic E-state index is 11.0. The molecule has 0 atom stereocenters. The summed E-state index contributed by atoms with van der Waals surface area (Å²) in [6.45, 7) is 0. The van der Waals surface area contributed by atoms with Crippen molar-refractivity contribution in [1.82, 2.24) is 4.98 Å². The molecule has 0 bridgehead atoms. The molecule has 0 saturated carbocycles. The van der Waals surface area contributed by atoms with Crippen LogP contribution in [0.5, 0.6) is 0 Å². The van der Waals surface area contributed by atoms with E-state index in [1.54, 1.807) is 0 Å². The number of hydrogen-bond donors (Lipinski definition) is 1. The molecule has 0 saturated heterocycles. The van der Waals surface area contributed by atoms with Crippen molar-refractivity contribution in [2.45, 2.75) is 0 Å². The van der Waals surface area contributed by atoms with Gasteiger partial charge in [-0.2, -0.15) is 0 Å². The predicted octanol–water partition coefficient (Wildman–Crippen LogP) is 1.76. The van der Waals surface area contributed by atoms with Gasteiger partial charge in [0, 0.05) is 0 Å². The molecule has 1 rings (SSSR count). The summed E-state index contributed by atoms with van der Waals surface area (Å²) in [5, 5.41) is 0.323. The second-order valence-electron chi connectivity index (χ2n) is 2.18. The molecule has 4 nitrogen and oxygen atoms in total. The van der Waals surface area contributed by atoms with E-state index in [-0.39, 0.29) is 21.6 Å². The van der Waals surface area contributed by atoms with Crippen LogP contribution in [0.3, 0.4) is 0 Å². The first kappa shape index (κ1) is 10.1. The van der Waals surface area contributed by atoms with Gasteiger partial charge >= 0.3 is 5.97 Å². The van der Waals surface area contributed by atoms with Crippen molar-refractivity contribution in [1.29, 1.82) is 0 Å². The van der Waals surface area contributed by atoms with Crippen LogP contribution in [-0.4, -0.2) is 18.1 Å². The minimum Gasteiger partial charge on any atom is -0.464 e. The summed E-state index contributed by atoms with van der Waals surface area (Å²) in [5.74, 6) is -0.597. The number of nitrogens with two attached hydrogens (primary N) is 1. The van der Waals surface area contributed by atoms with Crippen LogP contribution in [0.15, 0.2) is 6.07 Å². The second-order valence-corrected chi connectivity index (χ2v) is 2.99. The molecule has 13 heavy (non-hydrogen) atoms. The highest BCUT2D eigenvalue weighted by Crippen LogP contribution is 2.24. The average molecular weight is 221 g/mol. The third-order valence-electron chi connectivity index (χ3n) is 1.34. The van der Waals surface area contributed by atoms with Gasteiger partial charge in [0.25, 0.3) is 0 Å². The number of halogens is 2. The summed E-state index contributed by atoms with van der Waals surface area (Å²) < 4.78 is 4.43. The Bertz CT molecular complexity index is 355. The van der Waals surface area contributed by atoms with E-state index in [9.17, 15) is 4.79 Å². The number of nitrogen functional groups attached to an aromatic ring is 1. The Morgan fingerprint density at radius 1 is 1.54 bits per heavy atom. The fourth-order valence-corrected chi connectivity index (χ4v) is 1.16. The minimum absolute atomic E-state index is 0.0360. The van der Waals surface area contributed by atoms with Gasteiger partial charge in [-0.05, 0) is 6.07 Å². The summed E-state index contributed by atoms with van der Waals surface area (Å²) in [5.41, 5.74) is 5.34. The number of carbonyl (C=O) groups is 1. The Morgan fingerprint density at radius 2 is 2.15 bits per heavy atom. The molecule has 0 radical (unpaired) electrons. The zero-order valence-corrected chi connectivity index (χ0v) is 8.19. The van der Waals surface area contributed by atoms with Crippen molar-refractivity contribution in [3.8, 4) is 0 Å². The number of carbonyl (C=O) groups excluding carboxylic acids is 1. The van der Waals surface area contributed by atoms with Gasteiger partial charge in [0.15, 0.2) is 5.69 Å². The largest absolute Gasteiger partial charge is 0.464 e. The van der Waals surface area contributed by atoms with Crippen LogP contribution in [0, 0.1) is 0 Å². The third kappa shape index (κ3) is 2.02. The molecule has 0 spiro atoms. The van der Waals surface area contributed by atoms with Crippen molar-refractivity contribution in [2.24, 2.45) is 0 Å². The van der Waals surface area contributed by atoms with Crippen LogP contribution in [0.4, 0.5) is 5.82 Å². The highest BCUT2D eigenvalue weighted by molar-refractivity contribution is 6.37. The van der Waals surface area contributed by atoms with Crippen LogP contribution in [-0.2, 0) is 4.74 Å². The number of methoxy groups -OCH3 is 1. The summed E-state index contributed by atoms with van der Waals surface area (Å²) in [7, 11) is 1.23. The molecule has 2 N–H and O–H groups in total. The zero-order valence-electron chi connectivity index (χ0n) is 6.67. The van der Waals surface area contributed by atoms with E-state index in [0.29, 0.717) is 0 Å². The number of esters is 1. The van der Waals surface area contributed by atoms with Gasteiger partial charge < -0.3 is 10.5 Å². The molecule has 0 fully saturated rings. The zero-order chi connectivity index (χ0) is 10.0. The molecule has 0 unspecified atom stereocenters. The first-order chi connectivity index (χ1) is 6.06. The lowest BCUT2D eigenvalue weighted by Gasteiger charge is -2.03. The van der Waals surface area contributed by atoms with Gasteiger partial charge in [0.2, 0.25) is 0 Å². The van der Waals surface area contributed by atoms with E-state index >= 15 is 0 Å². The molecule has 1 aromatic heterocycles. The smallest absolute Gasteiger partial charge is 0.358 e. The Labute approximate surface area is 84.6 Å². The van der Waals surface area contributed by atoms with Crippen molar-refractivity contribution in [2.75, 3.05) is 12.8 Å². The summed E-state index contributed by atoms with van der Waals surface area (Å²) >= 11 is 11.3. The number of pyridine rings is 1. The molecular weight excluding hydrogens is 215 g/mol. The van der Waals surface area contributed by atoms with E-state index in [0.717, 1.165) is 0 Å². The van der Waals surface area contributed by atoms with Crippen LogP contribution in [0.2, 0.25) is 10.0 Å². The maximum absolute atomic E-state index is 11.0. The Kier molecular flexibility index (Phi) is 2.95. The van der Waals surface area contributed by atoms with Gasteiger partial charge in [-0.25, -0.2) is 9.78 Å². The van der Waals surface area contributed by atoms with E-state index in [1.807, 2.05) is 0 Å². The van der Waals surface area contributed by atoms with E-state index < -0.39 is 5.97 Å². The van der Waals surface area contributed by atoms with Crippen molar-refractivity contribution >= 4 is 35.0 Å². The number of nitrogens with zero attached hydrogens (tertiary/aromatic N) is 1. The molecule has 6 heteroatoms. The SMILES string of the molecule is COC(=O)c1nc(N)c(Cl)cc1Cl. The molecule has 0 aliphatic heterocycles. The standard InChI is InChI=1S/C7H6Cl2N2O2/c1-13-7(12)5-3(8)2-4(9)6(10)11-5/h2H,1H3,(H2,10,11). The second kappa shape index (κ2) is 3.81. The number of rotatable bonds is 1. The molecule has 70 valence electrons. The van der Waals surface area contributed by atoms with Crippen LogP contribution in [0.1, 0.15) is 10.5 Å². The van der Waals surface area contributed by atoms with Crippen LogP contribution in [0.25, 0.3) is 0 Å². The van der Waals surface area contributed by atoms with Crippen LogP contribution < -0.4 is 5.73 Å². The Morgan fingerprint density at radius 3 is 2.69 bits per heavy atom. The highest BCUT2D eigenvalue weighted by atomic mass is 35.5. The number of ether oxygens (including phenoxy) is 1. The molecule has 1 aromatic rings. The van der Waals surface area contributed by atoms with Crippen molar-refractivity contribution < 1.29 is 9.53 Å². The third-order valence-corrected chi connectivity index (χ3v) is 1.93. The van der Waals surface area contributed by atoms with Crippen LogP contribution >= 0.6 is 23.2 Å². The van der Waals surface area contributed by atoms with Crippen molar-refractivity contribution in [3.05, 3.63) is 21.8 Å². The fraction of sp³-hybridized carbons (Fsp3) is 0.143. The molecule has 0 amide bonds. The minimum atomic E-state index is -0.645. The predicted molar refractivity (Wildman–Crippen MR) is 50.0 cm³/mol. The van der Waals surface area contributed by atoms with E-state index in [2.05, 4.69) is 9.72 Å². The van der Waals surface area contributed by atoms with Gasteiger partial charge in [-0.15, -0.1) is 0 Å². The molecular formula is C7H6Cl2N2O2. The van der Waals surface area contributed by atoms with E-state index in [1.165, 1.54) is 13.2 Å². The topological polar surface area (TPSA) is 65.2 Å². The summed E-state index contributed by atoms with van der Waals surface area (Å²) in [4.78, 5) is 14.7. The van der Waals surface area contributed by atoms with E-state index in [4.69, 9.17) is 28.9 Å². The molecule has 0 aromatic carbocycles. The highest BCUT2D eigenvalue weighted by Gasteiger charge is 2.14. The van der Waals surface area contributed by atoms with Gasteiger partial charge in [-0.3, -0.25) is 0 Å². The fourth-order valence-electron chi connectivity index (χ4n) is 0.721. The lowest BCUT2D eigenvalue weighted by molar-refractivity contribution is 0.0594. The first-order valence-corrected chi connectivity index (χ1v) is 4.01. The van der Waals surface area contributed by atoms with Crippen molar-refractivity contribution in [3.63, 3.8) is 0 Å². The average Bonchev–Trinajstić information content (AvgIpc) is 2.10. The quantitative estimate of drug-likeness (QED) is 0.733. The lowest BCUT2D eigenvalue weighted by Crippen LogP contribution is -2.07. The Hall–Kier alpha value is -1.00. The molecule has 0 aliphatic carbocycles. The molecule has 1 heterocycles. The summed E-state index contributed by atoms with van der Waals surface area (Å²) in [6, 6.07) is 1.34. The number of aromatic nitrogens is 1. The molecule has 0 aliphatic rings. The maximum Gasteiger partial charge on any atom is 0.358 e. The van der Waals surface area contributed by atoms with Gasteiger partial charge in [-0.1, -0.05) is 23.2 Å². The first-order valence-electron chi connectivity index (χ1n) is 3.26. The monoisotopic (exact) mass is 220 g/mol. The number of hydrogen-bond acceptors (Lipinski definition) is 4. The van der Waals surface area contributed by atoms with Gasteiger partial charge in [0.05, 0.1) is 17.2 Å². The number of anilines is 1. The van der Waals surface area contributed by atoms with Gasteiger partial charge in [0.1, 0.15) is 5.82 Å². The normalized spacial score (nSPS) is 9.77. The Balaban J connectivity index is 3.23. The summed E-state index contributed by atoms with van der Waals surface area (Å²) in [6.07, 6.45) is 0. The lowest BCUT2D eigenvalue weighted by atomic mass is 10.3.